The number of sulfonamides is 1. The van der Waals surface area contributed by atoms with E-state index in [0.717, 1.165) is 32.0 Å². The summed E-state index contributed by atoms with van der Waals surface area (Å²) < 4.78 is 24.5. The number of hydrogen-bond donors (Lipinski definition) is 1. The van der Waals surface area contributed by atoms with Gasteiger partial charge in [-0.15, -0.1) is 0 Å². The molecule has 26 heavy (non-hydrogen) atoms. The van der Waals surface area contributed by atoms with E-state index < -0.39 is 10.0 Å². The predicted molar refractivity (Wildman–Crippen MR) is 99.5 cm³/mol. The van der Waals surface area contributed by atoms with E-state index in [-0.39, 0.29) is 11.8 Å². The van der Waals surface area contributed by atoms with Gasteiger partial charge in [0.2, 0.25) is 15.9 Å². The molecule has 0 radical (unpaired) electrons. The number of rotatable bonds is 4. The van der Waals surface area contributed by atoms with E-state index in [0.29, 0.717) is 31.7 Å². The summed E-state index contributed by atoms with van der Waals surface area (Å²) in [5.41, 5.74) is 0. The van der Waals surface area contributed by atoms with Crippen LogP contribution in [0.5, 0.6) is 0 Å². The first-order valence-electron chi connectivity index (χ1n) is 8.84. The largest absolute Gasteiger partial charge is 0.354 e. The summed E-state index contributed by atoms with van der Waals surface area (Å²) in [7, 11) is -1.09. The zero-order valence-electron chi connectivity index (χ0n) is 15.3. The third kappa shape index (κ3) is 4.68. The van der Waals surface area contributed by atoms with Crippen LogP contribution >= 0.6 is 0 Å². The Bertz CT molecular complexity index is 740. The molecule has 0 bridgehead atoms. The highest BCUT2D eigenvalue weighted by molar-refractivity contribution is 7.88. The molecular weight excluding hydrogens is 356 g/mol. The van der Waals surface area contributed by atoms with Gasteiger partial charge in [0.05, 0.1) is 6.26 Å². The lowest BCUT2D eigenvalue weighted by molar-refractivity contribution is -0.120. The summed E-state index contributed by atoms with van der Waals surface area (Å²) in [5.74, 6) is 0.996. The minimum atomic E-state index is -3.18. The SMILES string of the molecule is CN1CCN(c2cc(NC(=O)C3CCN(S(C)(=O)=O)CC3)ncn2)CC1. The molecule has 0 unspecified atom stereocenters. The quantitative estimate of drug-likeness (QED) is 0.772. The van der Waals surface area contributed by atoms with Crippen LogP contribution in [0.3, 0.4) is 0 Å². The Labute approximate surface area is 154 Å². The fourth-order valence-corrected chi connectivity index (χ4v) is 4.18. The molecule has 2 aliphatic heterocycles. The third-order valence-electron chi connectivity index (χ3n) is 5.02. The Morgan fingerprint density at radius 1 is 1.12 bits per heavy atom. The van der Waals surface area contributed by atoms with E-state index in [1.54, 1.807) is 6.07 Å². The first kappa shape index (κ1) is 19.0. The molecule has 0 saturated carbocycles. The number of nitrogens with one attached hydrogen (secondary N) is 1. The van der Waals surface area contributed by atoms with Crippen molar-refractivity contribution in [1.29, 1.82) is 0 Å². The summed E-state index contributed by atoms with van der Waals surface area (Å²) in [6.07, 6.45) is 3.72. The van der Waals surface area contributed by atoms with Gasteiger partial charge in [0.15, 0.2) is 0 Å². The third-order valence-corrected chi connectivity index (χ3v) is 6.33. The van der Waals surface area contributed by atoms with Crippen LogP contribution in [0.2, 0.25) is 0 Å². The number of amides is 1. The van der Waals surface area contributed by atoms with E-state index in [2.05, 4.69) is 32.1 Å². The highest BCUT2D eigenvalue weighted by Gasteiger charge is 2.29. The van der Waals surface area contributed by atoms with Gasteiger partial charge >= 0.3 is 0 Å². The number of carbonyl (C=O) groups is 1. The number of likely N-dealkylation sites (N-methyl/N-ethyl adjacent to an activating group) is 1. The van der Waals surface area contributed by atoms with Gasteiger partial charge in [-0.3, -0.25) is 4.79 Å². The standard InChI is InChI=1S/C16H26N6O3S/c1-20-7-9-21(10-8-20)15-11-14(17-12-18-15)19-16(23)13-3-5-22(6-4-13)26(2,24)25/h11-13H,3-10H2,1-2H3,(H,17,18,19,23). The van der Waals surface area contributed by atoms with E-state index >= 15 is 0 Å². The van der Waals surface area contributed by atoms with Crippen LogP contribution in [-0.4, -0.2) is 86.1 Å². The van der Waals surface area contributed by atoms with E-state index in [4.69, 9.17) is 0 Å². The second-order valence-electron chi connectivity index (χ2n) is 6.98. The van der Waals surface area contributed by atoms with Gasteiger partial charge in [-0.1, -0.05) is 0 Å². The van der Waals surface area contributed by atoms with Crippen molar-refractivity contribution in [3.8, 4) is 0 Å². The number of hydrogen-bond acceptors (Lipinski definition) is 7. The summed E-state index contributed by atoms with van der Waals surface area (Å²) in [6, 6.07) is 1.80. The maximum absolute atomic E-state index is 12.5. The lowest BCUT2D eigenvalue weighted by Crippen LogP contribution is -2.44. The minimum Gasteiger partial charge on any atom is -0.354 e. The maximum atomic E-state index is 12.5. The van der Waals surface area contributed by atoms with Crippen molar-refractivity contribution in [1.82, 2.24) is 19.2 Å². The molecular formula is C16H26N6O3S. The van der Waals surface area contributed by atoms with Crippen LogP contribution in [0, 0.1) is 5.92 Å². The van der Waals surface area contributed by atoms with Gasteiger partial charge in [0, 0.05) is 51.3 Å². The van der Waals surface area contributed by atoms with Gasteiger partial charge in [0.1, 0.15) is 18.0 Å². The highest BCUT2D eigenvalue weighted by Crippen LogP contribution is 2.22. The zero-order chi connectivity index (χ0) is 18.7. The number of piperazine rings is 1. The molecule has 2 aliphatic rings. The van der Waals surface area contributed by atoms with Gasteiger partial charge < -0.3 is 15.1 Å². The molecule has 2 saturated heterocycles. The van der Waals surface area contributed by atoms with Crippen molar-refractivity contribution >= 4 is 27.6 Å². The Balaban J connectivity index is 1.57. The summed E-state index contributed by atoms with van der Waals surface area (Å²) >= 11 is 0. The second-order valence-corrected chi connectivity index (χ2v) is 8.96. The fraction of sp³-hybridized carbons (Fsp3) is 0.688. The van der Waals surface area contributed by atoms with Gasteiger partial charge in [0.25, 0.3) is 0 Å². The monoisotopic (exact) mass is 382 g/mol. The Hall–Kier alpha value is -1.78. The fourth-order valence-electron chi connectivity index (χ4n) is 3.30. The van der Waals surface area contributed by atoms with E-state index in [9.17, 15) is 13.2 Å². The van der Waals surface area contributed by atoms with Crippen LogP contribution in [0.25, 0.3) is 0 Å². The van der Waals surface area contributed by atoms with Crippen molar-refractivity contribution in [3.05, 3.63) is 12.4 Å². The molecule has 1 amide bonds. The van der Waals surface area contributed by atoms with Crippen LogP contribution in [-0.2, 0) is 14.8 Å². The van der Waals surface area contributed by atoms with Crippen LogP contribution in [0.4, 0.5) is 11.6 Å². The molecule has 0 aromatic carbocycles. The number of aromatic nitrogens is 2. The van der Waals surface area contributed by atoms with Gasteiger partial charge in [-0.05, 0) is 19.9 Å². The number of carbonyl (C=O) groups excluding carboxylic acids is 1. The summed E-state index contributed by atoms with van der Waals surface area (Å²) in [6.45, 7) is 4.51. The molecule has 0 aliphatic carbocycles. The Kier molecular flexibility index (Phi) is 5.73. The first-order chi connectivity index (χ1) is 12.3. The molecule has 2 fully saturated rings. The second kappa shape index (κ2) is 7.85. The van der Waals surface area contributed by atoms with Gasteiger partial charge in [-0.2, -0.15) is 0 Å². The van der Waals surface area contributed by atoms with Crippen LogP contribution < -0.4 is 10.2 Å². The smallest absolute Gasteiger partial charge is 0.228 e. The average molecular weight is 382 g/mol. The number of piperidine rings is 1. The highest BCUT2D eigenvalue weighted by atomic mass is 32.2. The van der Waals surface area contributed by atoms with Crippen molar-refractivity contribution < 1.29 is 13.2 Å². The topological polar surface area (TPSA) is 98.7 Å². The molecule has 144 valence electrons. The van der Waals surface area contributed by atoms with E-state index in [1.807, 2.05) is 0 Å². The van der Waals surface area contributed by atoms with Crippen molar-refractivity contribution in [3.63, 3.8) is 0 Å². The molecule has 3 heterocycles. The molecule has 0 atom stereocenters. The van der Waals surface area contributed by atoms with Gasteiger partial charge in [-0.25, -0.2) is 22.7 Å². The minimum absolute atomic E-state index is 0.110. The number of nitrogens with zero attached hydrogens (tertiary/aromatic N) is 5. The zero-order valence-corrected chi connectivity index (χ0v) is 16.1. The maximum Gasteiger partial charge on any atom is 0.228 e. The van der Waals surface area contributed by atoms with Crippen LogP contribution in [0.15, 0.2) is 12.4 Å². The molecule has 1 aromatic heterocycles. The Morgan fingerprint density at radius 3 is 2.38 bits per heavy atom. The average Bonchev–Trinajstić information content (AvgIpc) is 2.62. The summed E-state index contributed by atoms with van der Waals surface area (Å²) in [4.78, 5) is 25.4. The van der Waals surface area contributed by atoms with Crippen LogP contribution in [0.1, 0.15) is 12.8 Å². The Morgan fingerprint density at radius 2 is 1.77 bits per heavy atom. The predicted octanol–water partition coefficient (Wildman–Crippen LogP) is -0.161. The first-order valence-corrected chi connectivity index (χ1v) is 10.7. The normalized spacial score (nSPS) is 20.9. The summed E-state index contributed by atoms with van der Waals surface area (Å²) in [5, 5.41) is 2.86. The van der Waals surface area contributed by atoms with Crippen molar-refractivity contribution in [2.24, 2.45) is 5.92 Å². The molecule has 1 aromatic rings. The lowest BCUT2D eigenvalue weighted by Gasteiger charge is -2.33. The molecule has 1 N–H and O–H groups in total. The molecule has 10 heteroatoms. The van der Waals surface area contributed by atoms with Crippen molar-refractivity contribution in [2.75, 3.05) is 62.8 Å². The van der Waals surface area contributed by atoms with Crippen molar-refractivity contribution in [2.45, 2.75) is 12.8 Å². The number of anilines is 2. The molecule has 0 spiro atoms. The molecule has 3 rings (SSSR count). The lowest BCUT2D eigenvalue weighted by atomic mass is 9.97. The van der Waals surface area contributed by atoms with E-state index in [1.165, 1.54) is 16.9 Å². The molecule has 9 nitrogen and oxygen atoms in total.